The molecule has 0 saturated heterocycles. The normalized spacial score (nSPS) is 15.3. The maximum absolute atomic E-state index is 13.1. The molecule has 32 heavy (non-hydrogen) atoms. The Morgan fingerprint density at radius 2 is 2.00 bits per heavy atom. The van der Waals surface area contributed by atoms with Gasteiger partial charge in [0.05, 0.1) is 30.7 Å². The second-order valence-electron chi connectivity index (χ2n) is 8.11. The Hall–Kier alpha value is -3.92. The molecule has 7 nitrogen and oxygen atoms in total. The molecular weight excluding hydrogens is 406 g/mol. The zero-order valence-electron chi connectivity index (χ0n) is 18.3. The van der Waals surface area contributed by atoms with Gasteiger partial charge in [0, 0.05) is 5.39 Å². The summed E-state index contributed by atoms with van der Waals surface area (Å²) < 4.78 is 17.2. The molecule has 0 aliphatic carbocycles. The molecule has 1 aliphatic heterocycles. The summed E-state index contributed by atoms with van der Waals surface area (Å²) in [6.07, 6.45) is 0.915. The predicted molar refractivity (Wildman–Crippen MR) is 122 cm³/mol. The highest BCUT2D eigenvalue weighted by Crippen LogP contribution is 2.44. The average Bonchev–Trinajstić information content (AvgIpc) is 2.78. The first-order valence-electron chi connectivity index (χ1n) is 10.5. The van der Waals surface area contributed by atoms with Crippen molar-refractivity contribution in [3.8, 4) is 23.3 Å². The molecule has 3 N–H and O–H groups in total. The van der Waals surface area contributed by atoms with Crippen LogP contribution in [0.15, 0.2) is 58.7 Å². The van der Waals surface area contributed by atoms with Crippen LogP contribution >= 0.6 is 0 Å². The highest BCUT2D eigenvalue weighted by molar-refractivity contribution is 5.87. The number of rotatable bonds is 6. The molecule has 2 heterocycles. The SMILES string of the molecule is COc1cc([C@H]2C(C#N)=C(N)Oc3c2c(=O)[nH]c2ccccc32)ccc1OCCC(C)C. The third-order valence-electron chi connectivity index (χ3n) is 5.56. The summed E-state index contributed by atoms with van der Waals surface area (Å²) in [7, 11) is 1.56. The van der Waals surface area contributed by atoms with E-state index in [2.05, 4.69) is 24.9 Å². The van der Waals surface area contributed by atoms with Crippen LogP contribution in [0.2, 0.25) is 0 Å². The lowest BCUT2D eigenvalue weighted by atomic mass is 9.83. The molecule has 1 aliphatic rings. The van der Waals surface area contributed by atoms with Crippen molar-refractivity contribution in [2.45, 2.75) is 26.2 Å². The lowest BCUT2D eigenvalue weighted by Crippen LogP contribution is -2.27. The number of benzene rings is 2. The van der Waals surface area contributed by atoms with Crippen molar-refractivity contribution in [3.05, 3.63) is 75.4 Å². The van der Waals surface area contributed by atoms with Crippen LogP contribution in [-0.2, 0) is 0 Å². The quantitative estimate of drug-likeness (QED) is 0.606. The molecular formula is C25H25N3O4. The van der Waals surface area contributed by atoms with Gasteiger partial charge in [0.25, 0.3) is 5.56 Å². The molecule has 164 valence electrons. The molecule has 4 rings (SSSR count). The minimum Gasteiger partial charge on any atom is -0.493 e. The number of aromatic nitrogens is 1. The maximum Gasteiger partial charge on any atom is 0.256 e. The summed E-state index contributed by atoms with van der Waals surface area (Å²) in [5.74, 6) is 1.29. The molecule has 0 amide bonds. The van der Waals surface area contributed by atoms with Crippen LogP contribution in [0.1, 0.15) is 37.3 Å². The van der Waals surface area contributed by atoms with Gasteiger partial charge in [-0.3, -0.25) is 4.79 Å². The topological polar surface area (TPSA) is 110 Å². The second kappa shape index (κ2) is 8.67. The van der Waals surface area contributed by atoms with Gasteiger partial charge in [-0.15, -0.1) is 0 Å². The Labute approximate surface area is 186 Å². The molecule has 1 aromatic heterocycles. The van der Waals surface area contributed by atoms with Crippen LogP contribution in [0.3, 0.4) is 0 Å². The average molecular weight is 431 g/mol. The van der Waals surface area contributed by atoms with Gasteiger partial charge in [0.2, 0.25) is 5.88 Å². The number of ether oxygens (including phenoxy) is 3. The van der Waals surface area contributed by atoms with E-state index >= 15 is 0 Å². The van der Waals surface area contributed by atoms with E-state index in [9.17, 15) is 10.1 Å². The van der Waals surface area contributed by atoms with Crippen molar-refractivity contribution < 1.29 is 14.2 Å². The first-order chi connectivity index (χ1) is 15.4. The minimum atomic E-state index is -0.698. The maximum atomic E-state index is 13.1. The molecule has 2 aromatic carbocycles. The third-order valence-corrected chi connectivity index (χ3v) is 5.56. The Morgan fingerprint density at radius 3 is 2.72 bits per heavy atom. The van der Waals surface area contributed by atoms with E-state index in [1.54, 1.807) is 25.3 Å². The van der Waals surface area contributed by atoms with Crippen LogP contribution in [0, 0.1) is 17.2 Å². The van der Waals surface area contributed by atoms with Gasteiger partial charge in [-0.1, -0.05) is 32.0 Å². The summed E-state index contributed by atoms with van der Waals surface area (Å²) in [5, 5.41) is 10.6. The summed E-state index contributed by atoms with van der Waals surface area (Å²) in [6.45, 7) is 4.83. The number of nitrogens with one attached hydrogen (secondary N) is 1. The molecule has 0 spiro atoms. The van der Waals surface area contributed by atoms with Crippen molar-refractivity contribution in [2.75, 3.05) is 13.7 Å². The number of nitrogens with zero attached hydrogens (tertiary/aromatic N) is 1. The second-order valence-corrected chi connectivity index (χ2v) is 8.11. The summed E-state index contributed by atoms with van der Waals surface area (Å²) >= 11 is 0. The fraction of sp³-hybridized carbons (Fsp3) is 0.280. The number of H-pyrrole nitrogens is 1. The van der Waals surface area contributed by atoms with E-state index in [1.807, 2.05) is 24.3 Å². The molecule has 7 heteroatoms. The number of nitriles is 1. The van der Waals surface area contributed by atoms with Crippen LogP contribution in [-0.4, -0.2) is 18.7 Å². The standard InChI is InChI=1S/C25H25N3O4/c1-14(2)10-11-31-19-9-8-15(12-20(19)30-3)21-17(13-26)24(27)32-23-16-6-4-5-7-18(16)28-25(29)22(21)23/h4-9,12,14,21H,10-11,27H2,1-3H3,(H,28,29)/t21-/m0/s1. The fourth-order valence-corrected chi connectivity index (χ4v) is 3.89. The summed E-state index contributed by atoms with van der Waals surface area (Å²) in [5.41, 5.74) is 7.63. The molecule has 0 bridgehead atoms. The van der Waals surface area contributed by atoms with Crippen LogP contribution in [0.4, 0.5) is 0 Å². The van der Waals surface area contributed by atoms with Crippen LogP contribution in [0.5, 0.6) is 17.2 Å². The Kier molecular flexibility index (Phi) is 5.78. The monoisotopic (exact) mass is 431 g/mol. The number of fused-ring (bicyclic) bond motifs is 3. The molecule has 0 fully saturated rings. The number of hydrogen-bond acceptors (Lipinski definition) is 6. The largest absolute Gasteiger partial charge is 0.493 e. The van der Waals surface area contributed by atoms with Crippen LogP contribution in [0.25, 0.3) is 10.9 Å². The Balaban J connectivity index is 1.85. The van der Waals surface area contributed by atoms with E-state index in [4.69, 9.17) is 19.9 Å². The first kappa shape index (κ1) is 21.3. The van der Waals surface area contributed by atoms with Gasteiger partial charge in [-0.25, -0.2) is 0 Å². The predicted octanol–water partition coefficient (Wildman–Crippen LogP) is 4.18. The van der Waals surface area contributed by atoms with Crippen molar-refractivity contribution in [2.24, 2.45) is 11.7 Å². The number of aromatic amines is 1. The highest BCUT2D eigenvalue weighted by atomic mass is 16.5. The highest BCUT2D eigenvalue weighted by Gasteiger charge is 2.35. The zero-order chi connectivity index (χ0) is 22.8. The van der Waals surface area contributed by atoms with Crippen molar-refractivity contribution in [1.29, 1.82) is 5.26 Å². The van der Waals surface area contributed by atoms with Gasteiger partial charge in [-0.2, -0.15) is 5.26 Å². The fourth-order valence-electron chi connectivity index (χ4n) is 3.89. The van der Waals surface area contributed by atoms with E-state index in [-0.39, 0.29) is 17.0 Å². The third kappa shape index (κ3) is 3.76. The van der Waals surface area contributed by atoms with Gasteiger partial charge in [-0.05, 0) is 42.2 Å². The summed E-state index contributed by atoms with van der Waals surface area (Å²) in [6, 6.07) is 14.8. The molecule has 0 unspecified atom stereocenters. The molecule has 0 saturated carbocycles. The number of hydrogen-bond donors (Lipinski definition) is 2. The van der Waals surface area contributed by atoms with Gasteiger partial charge in [0.1, 0.15) is 17.4 Å². The Bertz CT molecular complexity index is 1300. The number of methoxy groups -OCH3 is 1. The number of para-hydroxylation sites is 1. The lowest BCUT2D eigenvalue weighted by Gasteiger charge is -2.27. The molecule has 3 aromatic rings. The number of nitrogens with two attached hydrogens (primary N) is 1. The van der Waals surface area contributed by atoms with Gasteiger partial charge in [0.15, 0.2) is 11.5 Å². The number of allylic oxidation sites excluding steroid dienone is 1. The van der Waals surface area contributed by atoms with E-state index in [0.717, 1.165) is 6.42 Å². The summed E-state index contributed by atoms with van der Waals surface area (Å²) in [4.78, 5) is 16.0. The van der Waals surface area contributed by atoms with Crippen LogP contribution < -0.4 is 25.5 Å². The van der Waals surface area contributed by atoms with E-state index in [0.29, 0.717) is 51.8 Å². The molecule has 0 radical (unpaired) electrons. The molecule has 1 atom stereocenters. The Morgan fingerprint density at radius 1 is 1.22 bits per heavy atom. The first-order valence-corrected chi connectivity index (χ1v) is 10.5. The van der Waals surface area contributed by atoms with Gasteiger partial charge < -0.3 is 24.9 Å². The minimum absolute atomic E-state index is 0.0167. The van der Waals surface area contributed by atoms with Gasteiger partial charge >= 0.3 is 0 Å². The van der Waals surface area contributed by atoms with E-state index in [1.165, 1.54) is 0 Å². The van der Waals surface area contributed by atoms with Crippen molar-refractivity contribution in [1.82, 2.24) is 4.98 Å². The van der Waals surface area contributed by atoms with Crippen molar-refractivity contribution >= 4 is 10.9 Å². The van der Waals surface area contributed by atoms with E-state index < -0.39 is 5.92 Å². The van der Waals surface area contributed by atoms with Crippen molar-refractivity contribution in [3.63, 3.8) is 0 Å². The lowest BCUT2D eigenvalue weighted by molar-refractivity contribution is 0.273. The zero-order valence-corrected chi connectivity index (χ0v) is 18.3. The smallest absolute Gasteiger partial charge is 0.256 e. The number of pyridine rings is 1.